The highest BCUT2D eigenvalue weighted by Crippen LogP contribution is 2.33. The Bertz CT molecular complexity index is 1060. The number of hydrogen-bond acceptors (Lipinski definition) is 4. The van der Waals surface area contributed by atoms with Crippen LogP contribution in [0.15, 0.2) is 66.7 Å². The second-order valence-corrected chi connectivity index (χ2v) is 8.47. The molecule has 0 bridgehead atoms. The van der Waals surface area contributed by atoms with Gasteiger partial charge in [0.25, 0.3) is 0 Å². The number of hydrogen-bond donors (Lipinski definition) is 2. The van der Waals surface area contributed by atoms with Gasteiger partial charge in [-0.3, -0.25) is 10.1 Å². The third-order valence-electron chi connectivity index (χ3n) is 5.52. The average Bonchev–Trinajstić information content (AvgIpc) is 2.85. The zero-order valence-corrected chi connectivity index (χ0v) is 20.4. The van der Waals surface area contributed by atoms with Gasteiger partial charge in [0.2, 0.25) is 5.91 Å². The number of nitrogens with one attached hydrogen (secondary N) is 2. The molecule has 0 fully saturated rings. The van der Waals surface area contributed by atoms with Gasteiger partial charge in [0.15, 0.2) is 11.5 Å². The molecule has 2 atom stereocenters. The number of methoxy groups -OCH3 is 2. The van der Waals surface area contributed by atoms with E-state index in [4.69, 9.17) is 32.7 Å². The van der Waals surface area contributed by atoms with Gasteiger partial charge < -0.3 is 14.8 Å². The van der Waals surface area contributed by atoms with Crippen LogP contribution in [0, 0.1) is 0 Å². The minimum absolute atomic E-state index is 0.130. The molecule has 33 heavy (non-hydrogen) atoms. The van der Waals surface area contributed by atoms with Crippen LogP contribution < -0.4 is 20.1 Å². The van der Waals surface area contributed by atoms with Crippen molar-refractivity contribution in [3.8, 4) is 11.5 Å². The fourth-order valence-corrected chi connectivity index (χ4v) is 3.95. The van der Waals surface area contributed by atoms with Gasteiger partial charge in [-0.05, 0) is 65.9 Å². The molecule has 3 rings (SSSR count). The van der Waals surface area contributed by atoms with Crippen LogP contribution in [0.5, 0.6) is 11.5 Å². The van der Waals surface area contributed by atoms with E-state index >= 15 is 0 Å². The lowest BCUT2D eigenvalue weighted by atomic mass is 9.96. The third-order valence-corrected chi connectivity index (χ3v) is 6.03. The van der Waals surface area contributed by atoms with Crippen molar-refractivity contribution in [3.63, 3.8) is 0 Å². The molecule has 1 unspecified atom stereocenters. The molecule has 0 aromatic heterocycles. The Morgan fingerprint density at radius 1 is 0.848 bits per heavy atom. The summed E-state index contributed by atoms with van der Waals surface area (Å²) in [6.45, 7) is 0. The first-order valence-corrected chi connectivity index (χ1v) is 11.4. The van der Waals surface area contributed by atoms with Crippen molar-refractivity contribution >= 4 is 29.1 Å². The number of aryl methyl sites for hydroxylation is 1. The molecular weight excluding hydrogens is 459 g/mol. The average molecular weight is 487 g/mol. The number of halogens is 2. The zero-order chi connectivity index (χ0) is 23.8. The summed E-state index contributed by atoms with van der Waals surface area (Å²) in [6, 6.07) is 20.2. The summed E-state index contributed by atoms with van der Waals surface area (Å²) in [7, 11) is 4.85. The van der Waals surface area contributed by atoms with Crippen LogP contribution >= 0.6 is 23.2 Å². The van der Waals surface area contributed by atoms with Crippen LogP contribution in [0.25, 0.3) is 0 Å². The second-order valence-electron chi connectivity index (χ2n) is 7.60. The van der Waals surface area contributed by atoms with E-state index < -0.39 is 6.04 Å². The largest absolute Gasteiger partial charge is 0.493 e. The van der Waals surface area contributed by atoms with Crippen molar-refractivity contribution in [1.82, 2.24) is 10.6 Å². The van der Waals surface area contributed by atoms with Crippen molar-refractivity contribution in [2.24, 2.45) is 0 Å². The summed E-state index contributed by atoms with van der Waals surface area (Å²) in [6.07, 6.45) is 1.54. The summed E-state index contributed by atoms with van der Waals surface area (Å²) in [5.41, 5.74) is 2.98. The predicted molar refractivity (Wildman–Crippen MR) is 133 cm³/mol. The van der Waals surface area contributed by atoms with Gasteiger partial charge in [0, 0.05) is 23.1 Å². The maximum atomic E-state index is 12.8. The van der Waals surface area contributed by atoms with Gasteiger partial charge in [-0.2, -0.15) is 0 Å². The van der Waals surface area contributed by atoms with E-state index in [0.29, 0.717) is 21.5 Å². The molecule has 3 aromatic rings. The molecule has 174 valence electrons. The molecule has 0 saturated heterocycles. The Kier molecular flexibility index (Phi) is 9.01. The molecule has 0 spiro atoms. The number of carbonyl (C=O) groups is 1. The van der Waals surface area contributed by atoms with E-state index in [1.54, 1.807) is 33.4 Å². The molecule has 2 N–H and O–H groups in total. The summed E-state index contributed by atoms with van der Waals surface area (Å²) >= 11 is 12.1. The molecule has 0 aliphatic rings. The Hall–Kier alpha value is -2.73. The summed E-state index contributed by atoms with van der Waals surface area (Å²) in [5, 5.41) is 7.64. The van der Waals surface area contributed by atoms with Crippen LogP contribution in [-0.2, 0) is 11.2 Å². The molecule has 1 amide bonds. The fraction of sp³-hybridized carbons (Fsp3) is 0.269. The van der Waals surface area contributed by atoms with E-state index in [2.05, 4.69) is 10.6 Å². The normalized spacial score (nSPS) is 12.6. The number of carbonyl (C=O) groups excluding carboxylic acids is 1. The van der Waals surface area contributed by atoms with Crippen LogP contribution in [0.4, 0.5) is 0 Å². The monoisotopic (exact) mass is 486 g/mol. The number of benzene rings is 3. The minimum atomic E-state index is -0.560. The fourth-order valence-electron chi connectivity index (χ4n) is 3.70. The van der Waals surface area contributed by atoms with Crippen molar-refractivity contribution < 1.29 is 14.3 Å². The van der Waals surface area contributed by atoms with Crippen LogP contribution in [0.1, 0.15) is 35.2 Å². The van der Waals surface area contributed by atoms with Gasteiger partial charge >= 0.3 is 0 Å². The SMILES string of the molecule is CNC(=O)C(N[C@H](CCc1ccc(Cl)cc1)c1ccc(OC)c(OC)c1)c1ccc(Cl)cc1. The van der Waals surface area contributed by atoms with Gasteiger partial charge in [-0.15, -0.1) is 0 Å². The first kappa shape index (κ1) is 24.9. The molecule has 0 radical (unpaired) electrons. The van der Waals surface area contributed by atoms with Gasteiger partial charge in [0.05, 0.1) is 14.2 Å². The highest BCUT2D eigenvalue weighted by molar-refractivity contribution is 6.30. The Balaban J connectivity index is 1.94. The number of amides is 1. The molecule has 0 saturated carbocycles. The van der Waals surface area contributed by atoms with E-state index in [1.807, 2.05) is 54.6 Å². The van der Waals surface area contributed by atoms with Crippen molar-refractivity contribution in [1.29, 1.82) is 0 Å². The first-order valence-electron chi connectivity index (χ1n) is 10.6. The quantitative estimate of drug-likeness (QED) is 0.382. The van der Waals surface area contributed by atoms with Crippen LogP contribution in [0.3, 0.4) is 0 Å². The number of likely N-dealkylation sites (N-methyl/N-ethyl adjacent to an activating group) is 1. The first-order chi connectivity index (χ1) is 15.9. The van der Waals surface area contributed by atoms with E-state index in [9.17, 15) is 4.79 Å². The lowest BCUT2D eigenvalue weighted by Gasteiger charge is -2.26. The maximum absolute atomic E-state index is 12.8. The summed E-state index contributed by atoms with van der Waals surface area (Å²) < 4.78 is 10.9. The third kappa shape index (κ3) is 6.64. The van der Waals surface area contributed by atoms with Crippen molar-refractivity contribution in [2.45, 2.75) is 24.9 Å². The topological polar surface area (TPSA) is 59.6 Å². The Morgan fingerprint density at radius 2 is 1.42 bits per heavy atom. The smallest absolute Gasteiger partial charge is 0.241 e. The Morgan fingerprint density at radius 3 is 2.00 bits per heavy atom. The number of rotatable bonds is 10. The van der Waals surface area contributed by atoms with E-state index in [0.717, 1.165) is 29.5 Å². The maximum Gasteiger partial charge on any atom is 0.241 e. The second kappa shape index (κ2) is 11.9. The molecule has 7 heteroatoms. The van der Waals surface area contributed by atoms with E-state index in [-0.39, 0.29) is 11.9 Å². The lowest BCUT2D eigenvalue weighted by Crippen LogP contribution is -2.38. The highest BCUT2D eigenvalue weighted by atomic mass is 35.5. The number of ether oxygens (including phenoxy) is 2. The van der Waals surface area contributed by atoms with Gasteiger partial charge in [-0.1, -0.05) is 53.5 Å². The Labute approximate surface area is 205 Å². The predicted octanol–water partition coefficient (Wildman–Crippen LogP) is 5.76. The minimum Gasteiger partial charge on any atom is -0.493 e. The van der Waals surface area contributed by atoms with Gasteiger partial charge in [-0.25, -0.2) is 0 Å². The molecule has 0 heterocycles. The standard InChI is InChI=1S/C26H28Cl2N2O3/c1-29-26(31)25(18-7-12-21(28)13-8-18)30-22(14-6-17-4-10-20(27)11-5-17)19-9-15-23(32-2)24(16-19)33-3/h4-5,7-13,15-16,22,25,30H,6,14H2,1-3H3,(H,29,31)/t22-,25?/m1/s1. The highest BCUT2D eigenvalue weighted by Gasteiger charge is 2.25. The van der Waals surface area contributed by atoms with Crippen LogP contribution in [-0.4, -0.2) is 27.2 Å². The van der Waals surface area contributed by atoms with E-state index in [1.165, 1.54) is 0 Å². The van der Waals surface area contributed by atoms with Crippen molar-refractivity contribution in [3.05, 3.63) is 93.5 Å². The van der Waals surface area contributed by atoms with Crippen molar-refractivity contribution in [2.75, 3.05) is 21.3 Å². The summed E-state index contributed by atoms with van der Waals surface area (Å²) in [5.74, 6) is 1.16. The molecule has 3 aromatic carbocycles. The van der Waals surface area contributed by atoms with Gasteiger partial charge in [0.1, 0.15) is 6.04 Å². The molecular formula is C26H28Cl2N2O3. The molecule has 0 aliphatic heterocycles. The molecule has 0 aliphatic carbocycles. The zero-order valence-electron chi connectivity index (χ0n) is 18.9. The lowest BCUT2D eigenvalue weighted by molar-refractivity contribution is -0.123. The molecule has 5 nitrogen and oxygen atoms in total. The van der Waals surface area contributed by atoms with Crippen LogP contribution in [0.2, 0.25) is 10.0 Å². The summed E-state index contributed by atoms with van der Waals surface area (Å²) in [4.78, 5) is 12.8.